The molecule has 106 valence electrons. The molecule has 3 heteroatoms. The third-order valence-corrected chi connectivity index (χ3v) is 3.57. The van der Waals surface area contributed by atoms with Crippen molar-refractivity contribution in [3.8, 4) is 0 Å². The molecule has 0 aliphatic rings. The van der Waals surface area contributed by atoms with Crippen LogP contribution in [0.5, 0.6) is 0 Å². The van der Waals surface area contributed by atoms with Crippen LogP contribution in [0.1, 0.15) is 12.5 Å². The van der Waals surface area contributed by atoms with E-state index in [1.54, 1.807) is 6.92 Å². The molecule has 0 aliphatic heterocycles. The Morgan fingerprint density at radius 1 is 1.00 bits per heavy atom. The first-order valence-corrected chi connectivity index (χ1v) is 7.09. The normalized spacial score (nSPS) is 10.7. The zero-order valence-electron chi connectivity index (χ0n) is 11.9. The van der Waals surface area contributed by atoms with E-state index in [1.807, 2.05) is 24.3 Å². The van der Waals surface area contributed by atoms with Gasteiger partial charge in [-0.25, -0.2) is 4.79 Å². The highest BCUT2D eigenvalue weighted by atomic mass is 16.5. The summed E-state index contributed by atoms with van der Waals surface area (Å²) in [5.74, 6) is 0. The van der Waals surface area contributed by atoms with Crippen molar-refractivity contribution >= 4 is 27.6 Å². The van der Waals surface area contributed by atoms with Crippen LogP contribution >= 0.6 is 0 Å². The molecule has 0 heterocycles. The minimum Gasteiger partial charge on any atom is -0.450 e. The molecule has 0 spiro atoms. The van der Waals surface area contributed by atoms with E-state index < -0.39 is 0 Å². The van der Waals surface area contributed by atoms with E-state index in [0.29, 0.717) is 13.2 Å². The van der Waals surface area contributed by atoms with Crippen molar-refractivity contribution < 1.29 is 9.53 Å². The fraction of sp³-hybridized carbons (Fsp3) is 0.167. The second-order valence-corrected chi connectivity index (χ2v) is 4.87. The summed E-state index contributed by atoms with van der Waals surface area (Å²) in [6.45, 7) is 2.63. The average molecular weight is 279 g/mol. The topological polar surface area (TPSA) is 38.3 Å². The molecule has 0 fully saturated rings. The maximum atomic E-state index is 11.6. The summed E-state index contributed by atoms with van der Waals surface area (Å²) >= 11 is 0. The van der Waals surface area contributed by atoms with Crippen molar-refractivity contribution in [1.82, 2.24) is 5.32 Å². The summed E-state index contributed by atoms with van der Waals surface area (Å²) in [6.07, 6.45) is -0.380. The first-order chi connectivity index (χ1) is 10.3. The van der Waals surface area contributed by atoms with Crippen LogP contribution in [0.25, 0.3) is 21.5 Å². The summed E-state index contributed by atoms with van der Waals surface area (Å²) in [5.41, 5.74) is 1.12. The van der Waals surface area contributed by atoms with Crippen LogP contribution < -0.4 is 5.32 Å². The summed E-state index contributed by atoms with van der Waals surface area (Å²) < 4.78 is 4.94. The third-order valence-electron chi connectivity index (χ3n) is 3.57. The summed E-state index contributed by atoms with van der Waals surface area (Å²) in [4.78, 5) is 11.6. The van der Waals surface area contributed by atoms with E-state index in [1.165, 1.54) is 10.8 Å². The number of alkyl carbamates (subject to hydrolysis) is 1. The zero-order valence-corrected chi connectivity index (χ0v) is 11.9. The number of amides is 1. The Morgan fingerprint density at radius 2 is 1.57 bits per heavy atom. The summed E-state index contributed by atoms with van der Waals surface area (Å²) in [6, 6.07) is 18.6. The predicted octanol–water partition coefficient (Wildman–Crippen LogP) is 4.24. The fourth-order valence-corrected chi connectivity index (χ4v) is 2.64. The van der Waals surface area contributed by atoms with Gasteiger partial charge < -0.3 is 10.1 Å². The fourth-order valence-electron chi connectivity index (χ4n) is 2.64. The first-order valence-electron chi connectivity index (χ1n) is 7.09. The standard InChI is InChI=1S/C18H17NO2/c1-2-21-18(20)19-12-17-15-9-5-3-7-13(15)11-14-8-4-6-10-16(14)17/h3-11H,2,12H2,1H3,(H,19,20). The number of benzene rings is 3. The van der Waals surface area contributed by atoms with Crippen molar-refractivity contribution in [1.29, 1.82) is 0 Å². The Hall–Kier alpha value is -2.55. The van der Waals surface area contributed by atoms with Crippen LogP contribution in [-0.2, 0) is 11.3 Å². The molecular formula is C18H17NO2. The van der Waals surface area contributed by atoms with Gasteiger partial charge in [-0.15, -0.1) is 0 Å². The van der Waals surface area contributed by atoms with E-state index >= 15 is 0 Å². The number of hydrogen-bond donors (Lipinski definition) is 1. The Kier molecular flexibility index (Phi) is 3.73. The molecule has 0 saturated carbocycles. The Labute approximate surface area is 123 Å². The largest absolute Gasteiger partial charge is 0.450 e. The van der Waals surface area contributed by atoms with E-state index in [-0.39, 0.29) is 6.09 Å². The van der Waals surface area contributed by atoms with Gasteiger partial charge in [0, 0.05) is 6.54 Å². The van der Waals surface area contributed by atoms with Crippen molar-refractivity contribution in [2.75, 3.05) is 6.61 Å². The zero-order chi connectivity index (χ0) is 14.7. The van der Waals surface area contributed by atoms with Gasteiger partial charge in [-0.1, -0.05) is 48.5 Å². The van der Waals surface area contributed by atoms with Crippen LogP contribution in [-0.4, -0.2) is 12.7 Å². The number of rotatable bonds is 3. The molecule has 0 saturated heterocycles. The maximum absolute atomic E-state index is 11.6. The van der Waals surface area contributed by atoms with Crippen LogP contribution in [0.15, 0.2) is 54.6 Å². The molecule has 0 aromatic heterocycles. The second kappa shape index (κ2) is 5.83. The molecule has 0 bridgehead atoms. The molecule has 0 aliphatic carbocycles. The lowest BCUT2D eigenvalue weighted by atomic mass is 9.97. The minimum atomic E-state index is -0.380. The van der Waals surface area contributed by atoms with E-state index in [0.717, 1.165) is 16.3 Å². The number of ether oxygens (including phenoxy) is 1. The molecule has 3 aromatic rings. The SMILES string of the molecule is CCOC(=O)NCc1c2ccccc2cc2ccccc12. The number of carbonyl (C=O) groups is 1. The molecule has 1 N–H and O–H groups in total. The quantitative estimate of drug-likeness (QED) is 0.728. The third kappa shape index (κ3) is 2.68. The summed E-state index contributed by atoms with van der Waals surface area (Å²) in [5, 5.41) is 7.50. The van der Waals surface area contributed by atoms with Gasteiger partial charge in [0.05, 0.1) is 6.61 Å². The van der Waals surface area contributed by atoms with Crippen molar-refractivity contribution in [3.05, 3.63) is 60.2 Å². The van der Waals surface area contributed by atoms with Gasteiger partial charge in [0.1, 0.15) is 0 Å². The lowest BCUT2D eigenvalue weighted by Gasteiger charge is -2.12. The van der Waals surface area contributed by atoms with Crippen LogP contribution in [0.2, 0.25) is 0 Å². The highest BCUT2D eigenvalue weighted by molar-refractivity contribution is 6.02. The monoisotopic (exact) mass is 279 g/mol. The van der Waals surface area contributed by atoms with Gasteiger partial charge in [0.2, 0.25) is 0 Å². The maximum Gasteiger partial charge on any atom is 0.407 e. The highest BCUT2D eigenvalue weighted by Crippen LogP contribution is 2.28. The number of nitrogens with one attached hydrogen (secondary N) is 1. The summed E-state index contributed by atoms with van der Waals surface area (Å²) in [7, 11) is 0. The first kappa shape index (κ1) is 13.4. The van der Waals surface area contributed by atoms with Gasteiger partial charge in [-0.05, 0) is 40.1 Å². The molecule has 3 aromatic carbocycles. The van der Waals surface area contributed by atoms with Crippen molar-refractivity contribution in [2.24, 2.45) is 0 Å². The lowest BCUT2D eigenvalue weighted by Crippen LogP contribution is -2.23. The number of carbonyl (C=O) groups excluding carboxylic acids is 1. The van der Waals surface area contributed by atoms with Crippen LogP contribution in [0, 0.1) is 0 Å². The molecule has 1 amide bonds. The minimum absolute atomic E-state index is 0.377. The van der Waals surface area contributed by atoms with E-state index in [9.17, 15) is 4.79 Å². The van der Waals surface area contributed by atoms with E-state index in [4.69, 9.17) is 4.74 Å². The molecule has 3 nitrogen and oxygen atoms in total. The smallest absolute Gasteiger partial charge is 0.407 e. The molecule has 0 atom stereocenters. The number of fused-ring (bicyclic) bond motifs is 2. The Balaban J connectivity index is 2.09. The van der Waals surface area contributed by atoms with Gasteiger partial charge in [-0.2, -0.15) is 0 Å². The van der Waals surface area contributed by atoms with Crippen molar-refractivity contribution in [3.63, 3.8) is 0 Å². The van der Waals surface area contributed by atoms with Crippen molar-refractivity contribution in [2.45, 2.75) is 13.5 Å². The highest BCUT2D eigenvalue weighted by Gasteiger charge is 2.08. The lowest BCUT2D eigenvalue weighted by molar-refractivity contribution is 0.151. The molecular weight excluding hydrogens is 262 g/mol. The molecule has 3 rings (SSSR count). The molecule has 0 unspecified atom stereocenters. The molecule has 21 heavy (non-hydrogen) atoms. The van der Waals surface area contributed by atoms with Crippen LogP contribution in [0.4, 0.5) is 4.79 Å². The number of hydrogen-bond acceptors (Lipinski definition) is 2. The van der Waals surface area contributed by atoms with Gasteiger partial charge in [-0.3, -0.25) is 0 Å². The molecule has 0 radical (unpaired) electrons. The van der Waals surface area contributed by atoms with Gasteiger partial charge in [0.25, 0.3) is 0 Å². The predicted molar refractivity (Wildman–Crippen MR) is 85.3 cm³/mol. The Bertz CT molecular complexity index is 741. The Morgan fingerprint density at radius 3 is 2.14 bits per heavy atom. The van der Waals surface area contributed by atoms with E-state index in [2.05, 4.69) is 35.6 Å². The average Bonchev–Trinajstić information content (AvgIpc) is 2.51. The second-order valence-electron chi connectivity index (χ2n) is 4.87. The van der Waals surface area contributed by atoms with Crippen LogP contribution in [0.3, 0.4) is 0 Å². The van der Waals surface area contributed by atoms with Gasteiger partial charge >= 0.3 is 6.09 Å². The van der Waals surface area contributed by atoms with Gasteiger partial charge in [0.15, 0.2) is 0 Å².